The zero-order chi connectivity index (χ0) is 16.7. The van der Waals surface area contributed by atoms with Crippen LogP contribution in [0.1, 0.15) is 25.3 Å². The summed E-state index contributed by atoms with van der Waals surface area (Å²) in [6.45, 7) is 8.32. The molecule has 23 heavy (non-hydrogen) atoms. The number of amides is 1. The first-order valence-electron chi connectivity index (χ1n) is 8.12. The number of aliphatic hydroxyl groups excluding tert-OH is 1. The average molecular weight is 318 g/mol. The molecule has 0 radical (unpaired) electrons. The second kappa shape index (κ2) is 8.70. The van der Waals surface area contributed by atoms with E-state index in [2.05, 4.69) is 16.8 Å². The van der Waals surface area contributed by atoms with E-state index in [-0.39, 0.29) is 18.6 Å². The highest BCUT2D eigenvalue weighted by atomic mass is 16.5. The van der Waals surface area contributed by atoms with Crippen LogP contribution in [0.3, 0.4) is 0 Å². The molecule has 1 aliphatic heterocycles. The van der Waals surface area contributed by atoms with Gasteiger partial charge in [-0.25, -0.2) is 0 Å². The molecule has 5 heteroatoms. The Morgan fingerprint density at radius 2 is 2.26 bits per heavy atom. The van der Waals surface area contributed by atoms with Crippen molar-refractivity contribution in [2.24, 2.45) is 0 Å². The number of carbonyl (C=O) groups is 1. The Morgan fingerprint density at radius 3 is 2.91 bits per heavy atom. The maximum atomic E-state index is 12.3. The molecule has 1 fully saturated rings. The van der Waals surface area contributed by atoms with Crippen molar-refractivity contribution in [1.82, 2.24) is 10.2 Å². The first kappa shape index (κ1) is 17.5. The first-order chi connectivity index (χ1) is 11.1. The average Bonchev–Trinajstić information content (AvgIpc) is 2.57. The molecule has 2 N–H and O–H groups in total. The Morgan fingerprint density at radius 1 is 1.52 bits per heavy atom. The normalized spacial score (nSPS) is 17.5. The largest absolute Gasteiger partial charge is 0.481 e. The van der Waals surface area contributed by atoms with Crippen LogP contribution in [0.15, 0.2) is 36.9 Å². The third kappa shape index (κ3) is 5.37. The number of nitrogens with zero attached hydrogens (tertiary/aromatic N) is 1. The van der Waals surface area contributed by atoms with Gasteiger partial charge >= 0.3 is 0 Å². The molecule has 0 bridgehead atoms. The lowest BCUT2D eigenvalue weighted by molar-refractivity contribution is -0.128. The van der Waals surface area contributed by atoms with Crippen molar-refractivity contribution < 1.29 is 14.6 Å². The smallest absolute Gasteiger partial charge is 0.260 e. The summed E-state index contributed by atoms with van der Waals surface area (Å²) < 4.78 is 5.67. The van der Waals surface area contributed by atoms with Gasteiger partial charge in [0.05, 0.1) is 6.61 Å². The van der Waals surface area contributed by atoms with Crippen LogP contribution in [0.25, 0.3) is 0 Å². The van der Waals surface area contributed by atoms with E-state index in [4.69, 9.17) is 9.84 Å². The summed E-state index contributed by atoms with van der Waals surface area (Å²) in [4.78, 5) is 14.6. The number of benzene rings is 1. The van der Waals surface area contributed by atoms with Crippen LogP contribution in [0, 0.1) is 0 Å². The lowest BCUT2D eigenvalue weighted by Crippen LogP contribution is -2.48. The zero-order valence-electron chi connectivity index (χ0n) is 13.7. The minimum absolute atomic E-state index is 0.0406. The van der Waals surface area contributed by atoms with Crippen molar-refractivity contribution in [3.8, 4) is 5.75 Å². The number of nitrogens with one attached hydrogen (secondary N) is 1. The van der Waals surface area contributed by atoms with Gasteiger partial charge in [-0.2, -0.15) is 0 Å². The molecule has 1 aliphatic rings. The first-order valence-corrected chi connectivity index (χ1v) is 8.12. The maximum absolute atomic E-state index is 12.3. The van der Waals surface area contributed by atoms with E-state index in [0.29, 0.717) is 5.75 Å². The van der Waals surface area contributed by atoms with Crippen molar-refractivity contribution in [3.05, 3.63) is 42.5 Å². The van der Waals surface area contributed by atoms with Gasteiger partial charge in [0.15, 0.2) is 6.10 Å². The molecule has 1 unspecified atom stereocenters. The Bertz CT molecular complexity index is 525. The Labute approximate surface area is 137 Å². The summed E-state index contributed by atoms with van der Waals surface area (Å²) in [6, 6.07) is 7.36. The van der Waals surface area contributed by atoms with Crippen LogP contribution in [-0.2, 0) is 11.4 Å². The second-order valence-electron chi connectivity index (χ2n) is 5.94. The van der Waals surface area contributed by atoms with Gasteiger partial charge in [0, 0.05) is 25.7 Å². The summed E-state index contributed by atoms with van der Waals surface area (Å²) in [7, 11) is 0. The number of rotatable bonds is 7. The topological polar surface area (TPSA) is 61.8 Å². The van der Waals surface area contributed by atoms with Crippen molar-refractivity contribution in [3.63, 3.8) is 0 Å². The van der Waals surface area contributed by atoms with E-state index >= 15 is 0 Å². The zero-order valence-corrected chi connectivity index (χ0v) is 13.7. The van der Waals surface area contributed by atoms with Gasteiger partial charge in [0.1, 0.15) is 5.75 Å². The second-order valence-corrected chi connectivity index (χ2v) is 5.94. The van der Waals surface area contributed by atoms with Crippen LogP contribution in [0.2, 0.25) is 0 Å². The molecule has 1 heterocycles. The Balaban J connectivity index is 1.80. The number of aliphatic hydroxyl groups is 1. The van der Waals surface area contributed by atoms with E-state index < -0.39 is 6.10 Å². The maximum Gasteiger partial charge on any atom is 0.260 e. The van der Waals surface area contributed by atoms with Gasteiger partial charge in [-0.3, -0.25) is 9.69 Å². The molecular weight excluding hydrogens is 292 g/mol. The molecule has 1 aromatic carbocycles. The van der Waals surface area contributed by atoms with Gasteiger partial charge in [-0.1, -0.05) is 18.2 Å². The summed E-state index contributed by atoms with van der Waals surface area (Å²) >= 11 is 0. The fraction of sp³-hybridized carbons (Fsp3) is 0.500. The highest BCUT2D eigenvalue weighted by Crippen LogP contribution is 2.16. The molecule has 1 atom stereocenters. The number of likely N-dealkylation sites (tertiary alicyclic amines) is 1. The monoisotopic (exact) mass is 318 g/mol. The third-order valence-electron chi connectivity index (χ3n) is 4.08. The lowest BCUT2D eigenvalue weighted by atomic mass is 10.0. The highest BCUT2D eigenvalue weighted by Gasteiger charge is 2.23. The number of hydrogen-bond donors (Lipinski definition) is 2. The predicted octanol–water partition coefficient (Wildman–Crippen LogP) is 1.71. The van der Waals surface area contributed by atoms with E-state index in [9.17, 15) is 4.79 Å². The van der Waals surface area contributed by atoms with Crippen molar-refractivity contribution in [2.75, 3.05) is 19.6 Å². The predicted molar refractivity (Wildman–Crippen MR) is 90.3 cm³/mol. The summed E-state index contributed by atoms with van der Waals surface area (Å²) in [5.74, 6) is 0.501. The van der Waals surface area contributed by atoms with Crippen molar-refractivity contribution in [2.45, 2.75) is 38.5 Å². The van der Waals surface area contributed by atoms with Crippen LogP contribution in [0.5, 0.6) is 5.75 Å². The summed E-state index contributed by atoms with van der Waals surface area (Å²) in [6.07, 6.45) is 3.25. The molecule has 1 saturated heterocycles. The SMILES string of the molecule is C=CCN1CCC(NC(=O)C(C)Oc2cccc(CO)c2)CC1. The molecule has 126 valence electrons. The summed E-state index contributed by atoms with van der Waals surface area (Å²) in [5, 5.41) is 12.2. The van der Waals surface area contributed by atoms with Gasteiger partial charge < -0.3 is 15.2 Å². The standard InChI is InChI=1S/C18H26N2O3/c1-3-9-20-10-7-16(8-11-20)19-18(22)14(2)23-17-6-4-5-15(12-17)13-21/h3-6,12,14,16,21H,1,7-11,13H2,2H3,(H,19,22). The quantitative estimate of drug-likeness (QED) is 0.752. The van der Waals surface area contributed by atoms with Crippen LogP contribution in [0.4, 0.5) is 0 Å². The fourth-order valence-corrected chi connectivity index (χ4v) is 2.74. The molecule has 0 aromatic heterocycles. The highest BCUT2D eigenvalue weighted by molar-refractivity contribution is 5.81. The third-order valence-corrected chi connectivity index (χ3v) is 4.08. The fourth-order valence-electron chi connectivity index (χ4n) is 2.74. The molecule has 0 aliphatic carbocycles. The van der Waals surface area contributed by atoms with Gasteiger partial charge in [0.25, 0.3) is 5.91 Å². The molecule has 0 saturated carbocycles. The number of piperidine rings is 1. The van der Waals surface area contributed by atoms with Crippen LogP contribution >= 0.6 is 0 Å². The van der Waals surface area contributed by atoms with Crippen LogP contribution < -0.4 is 10.1 Å². The van der Waals surface area contributed by atoms with Crippen LogP contribution in [-0.4, -0.2) is 47.7 Å². The summed E-state index contributed by atoms with van der Waals surface area (Å²) in [5.41, 5.74) is 0.768. The molecule has 2 rings (SSSR count). The van der Waals surface area contributed by atoms with E-state index in [0.717, 1.165) is 38.0 Å². The van der Waals surface area contributed by atoms with Crippen molar-refractivity contribution in [1.29, 1.82) is 0 Å². The van der Waals surface area contributed by atoms with Gasteiger partial charge in [0.2, 0.25) is 0 Å². The number of ether oxygens (including phenoxy) is 1. The molecule has 0 spiro atoms. The van der Waals surface area contributed by atoms with E-state index in [1.807, 2.05) is 12.1 Å². The number of carbonyl (C=O) groups excluding carboxylic acids is 1. The molecule has 1 aromatic rings. The Hall–Kier alpha value is -1.85. The Kier molecular flexibility index (Phi) is 6.62. The molecule has 1 amide bonds. The van der Waals surface area contributed by atoms with Gasteiger partial charge in [-0.05, 0) is 37.5 Å². The van der Waals surface area contributed by atoms with Gasteiger partial charge in [-0.15, -0.1) is 6.58 Å². The van der Waals surface area contributed by atoms with Crippen molar-refractivity contribution >= 4 is 5.91 Å². The van der Waals surface area contributed by atoms with E-state index in [1.165, 1.54) is 0 Å². The molecular formula is C18H26N2O3. The lowest BCUT2D eigenvalue weighted by Gasteiger charge is -2.32. The van der Waals surface area contributed by atoms with E-state index in [1.54, 1.807) is 25.1 Å². The number of hydrogen-bond acceptors (Lipinski definition) is 4. The molecule has 5 nitrogen and oxygen atoms in total. The minimum atomic E-state index is -0.560. The minimum Gasteiger partial charge on any atom is -0.481 e.